The molecule has 0 saturated heterocycles. The summed E-state index contributed by atoms with van der Waals surface area (Å²) in [6, 6.07) is 5.16. The first-order valence-corrected chi connectivity index (χ1v) is 5.15. The van der Waals surface area contributed by atoms with Gasteiger partial charge in [0.15, 0.2) is 11.5 Å². The minimum atomic E-state index is 0.112. The van der Waals surface area contributed by atoms with Crippen molar-refractivity contribution in [2.24, 2.45) is 7.05 Å². The van der Waals surface area contributed by atoms with E-state index < -0.39 is 0 Å². The van der Waals surface area contributed by atoms with E-state index in [1.54, 1.807) is 23.0 Å². The summed E-state index contributed by atoms with van der Waals surface area (Å²) in [6.07, 6.45) is 1.69. The zero-order chi connectivity index (χ0) is 12.3. The van der Waals surface area contributed by atoms with Crippen LogP contribution in [0.3, 0.4) is 0 Å². The quantitative estimate of drug-likeness (QED) is 0.830. The highest BCUT2D eigenvalue weighted by molar-refractivity contribution is 5.54. The van der Waals surface area contributed by atoms with Crippen LogP contribution in [-0.2, 0) is 13.6 Å². The Morgan fingerprint density at radius 2 is 2.29 bits per heavy atom. The van der Waals surface area contributed by atoms with Gasteiger partial charge in [-0.05, 0) is 12.1 Å². The number of phenolic OH excluding ortho intramolecular Hbond substituents is 1. The predicted octanol–water partition coefficient (Wildman–Crippen LogP) is 1.14. The average molecular weight is 234 g/mol. The van der Waals surface area contributed by atoms with Crippen LogP contribution in [0.15, 0.2) is 24.4 Å². The lowest BCUT2D eigenvalue weighted by atomic mass is 10.2. The third-order valence-corrected chi connectivity index (χ3v) is 2.46. The van der Waals surface area contributed by atoms with Gasteiger partial charge in [0.2, 0.25) is 0 Å². The van der Waals surface area contributed by atoms with Crippen LogP contribution in [0.5, 0.6) is 11.5 Å². The predicted molar refractivity (Wildman–Crippen MR) is 63.0 cm³/mol. The van der Waals surface area contributed by atoms with Crippen molar-refractivity contribution >= 4 is 5.69 Å². The molecule has 17 heavy (non-hydrogen) atoms. The van der Waals surface area contributed by atoms with Crippen molar-refractivity contribution in [1.29, 1.82) is 0 Å². The van der Waals surface area contributed by atoms with Crippen molar-refractivity contribution in [1.82, 2.24) is 15.0 Å². The number of benzene rings is 1. The molecule has 0 spiro atoms. The smallest absolute Gasteiger partial charge is 0.160 e. The van der Waals surface area contributed by atoms with E-state index >= 15 is 0 Å². The number of hydrogen-bond donors (Lipinski definition) is 2. The van der Waals surface area contributed by atoms with Gasteiger partial charge in [0.05, 0.1) is 25.5 Å². The van der Waals surface area contributed by atoms with Gasteiger partial charge < -0.3 is 15.2 Å². The zero-order valence-electron chi connectivity index (χ0n) is 9.71. The van der Waals surface area contributed by atoms with Crippen LogP contribution in [-0.4, -0.2) is 27.2 Å². The molecule has 1 aromatic carbocycles. The Balaban J connectivity index is 2.05. The minimum absolute atomic E-state index is 0.112. The Kier molecular flexibility index (Phi) is 3.13. The Morgan fingerprint density at radius 1 is 1.47 bits per heavy atom. The van der Waals surface area contributed by atoms with E-state index in [0.29, 0.717) is 12.3 Å². The lowest BCUT2D eigenvalue weighted by molar-refractivity contribution is 0.373. The second kappa shape index (κ2) is 4.73. The minimum Gasteiger partial charge on any atom is -0.504 e. The van der Waals surface area contributed by atoms with E-state index in [-0.39, 0.29) is 5.75 Å². The number of aromatic nitrogens is 3. The number of nitrogens with one attached hydrogen (secondary N) is 1. The lowest BCUT2D eigenvalue weighted by Crippen LogP contribution is -2.05. The molecule has 6 nitrogen and oxygen atoms in total. The van der Waals surface area contributed by atoms with Gasteiger partial charge >= 0.3 is 0 Å². The Labute approximate surface area is 98.8 Å². The largest absolute Gasteiger partial charge is 0.504 e. The second-order valence-electron chi connectivity index (χ2n) is 3.59. The molecule has 6 heteroatoms. The van der Waals surface area contributed by atoms with Crippen LogP contribution in [0.2, 0.25) is 0 Å². The van der Waals surface area contributed by atoms with Gasteiger partial charge in [0, 0.05) is 18.8 Å². The number of aromatic hydroxyl groups is 1. The molecule has 0 aliphatic carbocycles. The summed E-state index contributed by atoms with van der Waals surface area (Å²) in [6.45, 7) is 0.593. The molecule has 0 fully saturated rings. The third-order valence-electron chi connectivity index (χ3n) is 2.46. The second-order valence-corrected chi connectivity index (χ2v) is 3.59. The van der Waals surface area contributed by atoms with E-state index in [0.717, 1.165) is 11.4 Å². The number of phenols is 1. The maximum absolute atomic E-state index is 9.61. The van der Waals surface area contributed by atoms with Crippen molar-refractivity contribution in [3.63, 3.8) is 0 Å². The van der Waals surface area contributed by atoms with E-state index in [4.69, 9.17) is 4.74 Å². The number of ether oxygens (including phenoxy) is 1. The van der Waals surface area contributed by atoms with E-state index in [1.807, 2.05) is 13.1 Å². The molecule has 0 aliphatic heterocycles. The van der Waals surface area contributed by atoms with Crippen LogP contribution in [0.25, 0.3) is 0 Å². The van der Waals surface area contributed by atoms with Crippen LogP contribution >= 0.6 is 0 Å². The Hall–Kier alpha value is -2.24. The Morgan fingerprint density at radius 3 is 2.88 bits per heavy atom. The molecular formula is C11H14N4O2. The van der Waals surface area contributed by atoms with Gasteiger partial charge in [0.25, 0.3) is 0 Å². The zero-order valence-corrected chi connectivity index (χ0v) is 9.71. The first-order valence-electron chi connectivity index (χ1n) is 5.15. The van der Waals surface area contributed by atoms with Crippen molar-refractivity contribution < 1.29 is 9.84 Å². The van der Waals surface area contributed by atoms with Gasteiger partial charge in [-0.15, -0.1) is 5.10 Å². The normalized spacial score (nSPS) is 10.2. The maximum atomic E-state index is 9.61. The summed E-state index contributed by atoms with van der Waals surface area (Å²) in [5.41, 5.74) is 1.77. The number of anilines is 1. The summed E-state index contributed by atoms with van der Waals surface area (Å²) < 4.78 is 6.66. The molecule has 0 bridgehead atoms. The van der Waals surface area contributed by atoms with Crippen LogP contribution in [0.1, 0.15) is 5.69 Å². The summed E-state index contributed by atoms with van der Waals surface area (Å²) in [7, 11) is 3.35. The standard InChI is InChI=1S/C11H14N4O2/c1-15-9(7-13-14-15)6-12-8-3-4-11(17-2)10(16)5-8/h3-5,7,12,16H,6H2,1-2H3. The van der Waals surface area contributed by atoms with Crippen LogP contribution < -0.4 is 10.1 Å². The molecule has 2 N–H and O–H groups in total. The molecule has 90 valence electrons. The van der Waals surface area contributed by atoms with Crippen LogP contribution in [0.4, 0.5) is 5.69 Å². The van der Waals surface area contributed by atoms with Crippen molar-refractivity contribution in [3.8, 4) is 11.5 Å². The van der Waals surface area contributed by atoms with Gasteiger partial charge in [-0.3, -0.25) is 4.68 Å². The van der Waals surface area contributed by atoms with Crippen molar-refractivity contribution in [2.45, 2.75) is 6.54 Å². The molecule has 0 aliphatic rings. The van der Waals surface area contributed by atoms with E-state index in [2.05, 4.69) is 15.6 Å². The maximum Gasteiger partial charge on any atom is 0.160 e. The third kappa shape index (κ3) is 2.47. The summed E-state index contributed by atoms with van der Waals surface area (Å²) in [5.74, 6) is 0.568. The van der Waals surface area contributed by atoms with Gasteiger partial charge in [-0.25, -0.2) is 0 Å². The molecule has 1 heterocycles. The highest BCUT2D eigenvalue weighted by Crippen LogP contribution is 2.28. The summed E-state index contributed by atoms with van der Waals surface area (Å²) in [5, 5.41) is 20.4. The first kappa shape index (κ1) is 11.3. The molecule has 2 rings (SSSR count). The SMILES string of the molecule is COc1ccc(NCc2cnnn2C)cc1O. The fraction of sp³-hybridized carbons (Fsp3) is 0.273. The molecule has 0 saturated carbocycles. The topological polar surface area (TPSA) is 72.2 Å². The van der Waals surface area contributed by atoms with Gasteiger partial charge in [-0.2, -0.15) is 0 Å². The molecule has 0 radical (unpaired) electrons. The van der Waals surface area contributed by atoms with Crippen molar-refractivity contribution in [3.05, 3.63) is 30.1 Å². The molecule has 0 unspecified atom stereocenters. The Bertz CT molecular complexity index is 510. The molecule has 2 aromatic rings. The first-order chi connectivity index (χ1) is 8.20. The summed E-state index contributed by atoms with van der Waals surface area (Å²) in [4.78, 5) is 0. The fourth-order valence-corrected chi connectivity index (χ4v) is 1.46. The average Bonchev–Trinajstić information content (AvgIpc) is 2.72. The van der Waals surface area contributed by atoms with E-state index in [1.165, 1.54) is 7.11 Å². The fourth-order valence-electron chi connectivity index (χ4n) is 1.46. The van der Waals surface area contributed by atoms with Crippen molar-refractivity contribution in [2.75, 3.05) is 12.4 Å². The van der Waals surface area contributed by atoms with E-state index in [9.17, 15) is 5.11 Å². The molecule has 0 amide bonds. The number of hydrogen-bond acceptors (Lipinski definition) is 5. The number of methoxy groups -OCH3 is 1. The molecule has 1 aromatic heterocycles. The van der Waals surface area contributed by atoms with Crippen LogP contribution in [0, 0.1) is 0 Å². The van der Waals surface area contributed by atoms with Gasteiger partial charge in [0.1, 0.15) is 0 Å². The highest BCUT2D eigenvalue weighted by atomic mass is 16.5. The number of nitrogens with zero attached hydrogens (tertiary/aromatic N) is 3. The highest BCUT2D eigenvalue weighted by Gasteiger charge is 2.03. The lowest BCUT2D eigenvalue weighted by Gasteiger charge is -2.08. The molecule has 0 atom stereocenters. The number of aryl methyl sites for hydroxylation is 1. The monoisotopic (exact) mass is 234 g/mol. The molecular weight excluding hydrogens is 220 g/mol. The van der Waals surface area contributed by atoms with Gasteiger partial charge in [-0.1, -0.05) is 5.21 Å². The number of rotatable bonds is 4. The summed E-state index contributed by atoms with van der Waals surface area (Å²) >= 11 is 0.